The summed E-state index contributed by atoms with van der Waals surface area (Å²) >= 11 is 0. The molecule has 2 aliphatic heterocycles. The van der Waals surface area contributed by atoms with Crippen LogP contribution in [0.25, 0.3) is 5.76 Å². The van der Waals surface area contributed by atoms with E-state index >= 15 is 0 Å². The fourth-order valence-corrected chi connectivity index (χ4v) is 4.79. The van der Waals surface area contributed by atoms with Crippen molar-refractivity contribution >= 4 is 28.8 Å². The highest BCUT2D eigenvalue weighted by molar-refractivity contribution is 6.51. The fraction of sp³-hybridized carbons (Fsp3) is 0.250. The molecule has 0 aliphatic carbocycles. The van der Waals surface area contributed by atoms with Gasteiger partial charge in [0.2, 0.25) is 0 Å². The monoisotopic (exact) mass is 486 g/mol. The summed E-state index contributed by atoms with van der Waals surface area (Å²) in [7, 11) is 2.10. The van der Waals surface area contributed by atoms with Gasteiger partial charge in [-0.15, -0.1) is 0 Å². The molecule has 2 aliphatic rings. The molecule has 1 unspecified atom stereocenters. The van der Waals surface area contributed by atoms with Crippen LogP contribution in [-0.4, -0.2) is 59.9 Å². The quantitative estimate of drug-likeness (QED) is 0.342. The number of piperazine rings is 1. The van der Waals surface area contributed by atoms with Crippen molar-refractivity contribution in [2.24, 2.45) is 0 Å². The lowest BCUT2D eigenvalue weighted by Crippen LogP contribution is -2.44. The van der Waals surface area contributed by atoms with Crippen LogP contribution < -0.4 is 9.80 Å². The van der Waals surface area contributed by atoms with E-state index in [1.54, 1.807) is 31.5 Å². The lowest BCUT2D eigenvalue weighted by molar-refractivity contribution is -0.132. The lowest BCUT2D eigenvalue weighted by atomic mass is 9.95. The molecule has 184 valence electrons. The smallest absolute Gasteiger partial charge is 0.300 e. The largest absolute Gasteiger partial charge is 0.507 e. The molecule has 2 saturated heterocycles. The Morgan fingerprint density at radius 3 is 2.33 bits per heavy atom. The van der Waals surface area contributed by atoms with E-state index in [2.05, 4.69) is 21.8 Å². The second-order valence-electron chi connectivity index (χ2n) is 9.23. The Labute approximate surface area is 209 Å². The second-order valence-corrected chi connectivity index (χ2v) is 9.23. The zero-order valence-electron chi connectivity index (χ0n) is 20.2. The molecule has 8 heteroatoms. The van der Waals surface area contributed by atoms with Crippen LogP contribution in [0.3, 0.4) is 0 Å². The zero-order valence-corrected chi connectivity index (χ0v) is 20.2. The molecule has 3 aromatic rings. The number of benzene rings is 2. The van der Waals surface area contributed by atoms with E-state index in [0.717, 1.165) is 31.9 Å². The van der Waals surface area contributed by atoms with E-state index in [1.807, 2.05) is 24.3 Å². The van der Waals surface area contributed by atoms with Crippen molar-refractivity contribution in [1.82, 2.24) is 9.88 Å². The Morgan fingerprint density at radius 1 is 1.00 bits per heavy atom. The number of aryl methyl sites for hydroxylation is 1. The van der Waals surface area contributed by atoms with Gasteiger partial charge in [0.15, 0.2) is 0 Å². The molecule has 1 atom stereocenters. The number of Topliss-reactive ketones (excluding diaryl/α,β-unsaturated/α-hetero) is 1. The van der Waals surface area contributed by atoms with Crippen LogP contribution in [-0.2, 0) is 9.59 Å². The maximum Gasteiger partial charge on any atom is 0.300 e. The summed E-state index contributed by atoms with van der Waals surface area (Å²) in [5.41, 5.74) is 2.71. The third kappa shape index (κ3) is 4.24. The Hall–Kier alpha value is -4.04. The zero-order chi connectivity index (χ0) is 25.4. The van der Waals surface area contributed by atoms with Crippen molar-refractivity contribution in [3.8, 4) is 0 Å². The summed E-state index contributed by atoms with van der Waals surface area (Å²) in [5.74, 6) is -2.30. The minimum atomic E-state index is -0.876. The van der Waals surface area contributed by atoms with Gasteiger partial charge >= 0.3 is 0 Å². The maximum atomic E-state index is 13.8. The number of pyridine rings is 1. The number of aliphatic hydroxyl groups excluding tert-OH is 1. The number of amides is 1. The predicted molar refractivity (Wildman–Crippen MR) is 136 cm³/mol. The van der Waals surface area contributed by atoms with Crippen LogP contribution in [0.2, 0.25) is 0 Å². The Bertz CT molecular complexity index is 1330. The number of rotatable bonds is 4. The van der Waals surface area contributed by atoms with Crippen molar-refractivity contribution in [3.63, 3.8) is 0 Å². The molecular weight excluding hydrogens is 459 g/mol. The molecule has 3 heterocycles. The third-order valence-electron chi connectivity index (χ3n) is 6.87. The van der Waals surface area contributed by atoms with Crippen molar-refractivity contribution in [2.75, 3.05) is 43.0 Å². The summed E-state index contributed by atoms with van der Waals surface area (Å²) in [4.78, 5) is 36.7. The highest BCUT2D eigenvalue weighted by Crippen LogP contribution is 2.42. The van der Waals surface area contributed by atoms with Crippen LogP contribution in [0.4, 0.5) is 15.8 Å². The van der Waals surface area contributed by atoms with E-state index in [-0.39, 0.29) is 16.9 Å². The van der Waals surface area contributed by atoms with Gasteiger partial charge in [-0.1, -0.05) is 6.07 Å². The van der Waals surface area contributed by atoms with Gasteiger partial charge < -0.3 is 14.9 Å². The first kappa shape index (κ1) is 23.7. The molecule has 0 saturated carbocycles. The Balaban J connectivity index is 1.57. The Morgan fingerprint density at radius 2 is 1.69 bits per heavy atom. The van der Waals surface area contributed by atoms with Gasteiger partial charge in [-0.3, -0.25) is 19.5 Å². The van der Waals surface area contributed by atoms with Crippen LogP contribution in [0.5, 0.6) is 0 Å². The third-order valence-corrected chi connectivity index (χ3v) is 6.87. The number of aliphatic hydroxyl groups is 1. The molecule has 2 fully saturated rings. The standard InChI is InChI=1S/C28H27FN4O3/c1-18-16-19(5-10-23(18)29)26(34)24-25(20-4-3-11-30-17-20)33(28(36)27(24)35)22-8-6-21(7-9-22)32-14-12-31(2)13-15-32/h3-11,16-17,25,34H,12-15H2,1-2H3/b26-24-. The summed E-state index contributed by atoms with van der Waals surface area (Å²) < 4.78 is 13.8. The number of nitrogens with zero attached hydrogens (tertiary/aromatic N) is 4. The van der Waals surface area contributed by atoms with Gasteiger partial charge in [-0.25, -0.2) is 4.39 Å². The van der Waals surface area contributed by atoms with Gasteiger partial charge in [-0.2, -0.15) is 0 Å². The van der Waals surface area contributed by atoms with Crippen molar-refractivity contribution in [3.05, 3.63) is 95.1 Å². The van der Waals surface area contributed by atoms with Gasteiger partial charge in [0, 0.05) is 55.5 Å². The molecule has 1 N–H and O–H groups in total. The minimum Gasteiger partial charge on any atom is -0.507 e. The normalized spacial score (nSPS) is 20.2. The number of carbonyl (C=O) groups excluding carboxylic acids is 2. The van der Waals surface area contributed by atoms with E-state index in [0.29, 0.717) is 16.8 Å². The average Bonchev–Trinajstić information content (AvgIpc) is 3.16. The number of ketones is 1. The van der Waals surface area contributed by atoms with Crippen LogP contribution in [0, 0.1) is 12.7 Å². The van der Waals surface area contributed by atoms with E-state index < -0.39 is 23.5 Å². The molecule has 1 amide bonds. The first-order chi connectivity index (χ1) is 17.3. The predicted octanol–water partition coefficient (Wildman–Crippen LogP) is 3.91. The maximum absolute atomic E-state index is 13.8. The van der Waals surface area contributed by atoms with Crippen LogP contribution >= 0.6 is 0 Å². The van der Waals surface area contributed by atoms with E-state index in [9.17, 15) is 19.1 Å². The molecular formula is C28H27FN4O3. The van der Waals surface area contributed by atoms with Crippen molar-refractivity contribution in [2.45, 2.75) is 13.0 Å². The SMILES string of the molecule is Cc1cc(/C(O)=C2/C(=O)C(=O)N(c3ccc(N4CCN(C)CC4)cc3)C2c2cccnc2)ccc1F. The molecule has 36 heavy (non-hydrogen) atoms. The summed E-state index contributed by atoms with van der Waals surface area (Å²) in [5, 5.41) is 11.2. The number of likely N-dealkylation sites (N-methyl/N-ethyl adjacent to an activating group) is 1. The number of anilines is 2. The summed E-state index contributed by atoms with van der Waals surface area (Å²) in [6.07, 6.45) is 3.18. The van der Waals surface area contributed by atoms with Crippen LogP contribution in [0.15, 0.2) is 72.6 Å². The number of hydrogen-bond donors (Lipinski definition) is 1. The molecule has 0 bridgehead atoms. The van der Waals surface area contributed by atoms with E-state index in [1.165, 1.54) is 23.1 Å². The highest BCUT2D eigenvalue weighted by Gasteiger charge is 2.47. The molecule has 0 spiro atoms. The minimum absolute atomic E-state index is 0.0536. The summed E-state index contributed by atoms with van der Waals surface area (Å²) in [6.45, 7) is 5.34. The Kier molecular flexibility index (Phi) is 6.28. The van der Waals surface area contributed by atoms with Crippen molar-refractivity contribution in [1.29, 1.82) is 0 Å². The first-order valence-corrected chi connectivity index (χ1v) is 11.9. The molecule has 2 aromatic carbocycles. The highest BCUT2D eigenvalue weighted by atomic mass is 19.1. The summed E-state index contributed by atoms with van der Waals surface area (Å²) in [6, 6.07) is 14.2. The molecule has 5 rings (SSSR count). The molecule has 0 radical (unpaired) electrons. The number of carbonyl (C=O) groups is 2. The first-order valence-electron chi connectivity index (χ1n) is 11.9. The lowest BCUT2D eigenvalue weighted by Gasteiger charge is -2.34. The molecule has 7 nitrogen and oxygen atoms in total. The topological polar surface area (TPSA) is 77.0 Å². The van der Waals surface area contributed by atoms with Gasteiger partial charge in [0.1, 0.15) is 11.6 Å². The van der Waals surface area contributed by atoms with Crippen molar-refractivity contribution < 1.29 is 19.1 Å². The van der Waals surface area contributed by atoms with Gasteiger partial charge in [0.25, 0.3) is 11.7 Å². The number of halogens is 1. The second kappa shape index (κ2) is 9.54. The molecule has 1 aromatic heterocycles. The average molecular weight is 487 g/mol. The van der Waals surface area contributed by atoms with Gasteiger partial charge in [-0.05, 0) is 73.6 Å². The van der Waals surface area contributed by atoms with Gasteiger partial charge in [0.05, 0.1) is 11.6 Å². The number of aromatic nitrogens is 1. The van der Waals surface area contributed by atoms with Crippen LogP contribution in [0.1, 0.15) is 22.7 Å². The fourth-order valence-electron chi connectivity index (χ4n) is 4.79. The number of hydrogen-bond acceptors (Lipinski definition) is 6. The van der Waals surface area contributed by atoms with E-state index in [4.69, 9.17) is 0 Å².